The van der Waals surface area contributed by atoms with Crippen LogP contribution in [0.3, 0.4) is 0 Å². The third-order valence-corrected chi connectivity index (χ3v) is 5.90. The number of nitrogens with one attached hydrogen (secondary N) is 2. The van der Waals surface area contributed by atoms with Gasteiger partial charge in [0.2, 0.25) is 5.91 Å². The molecule has 0 spiro atoms. The molecule has 2 N–H and O–H groups in total. The van der Waals surface area contributed by atoms with E-state index in [0.717, 1.165) is 28.8 Å². The molecule has 4 nitrogen and oxygen atoms in total. The molecule has 0 atom stereocenters. The fourth-order valence-electron chi connectivity index (χ4n) is 2.43. The summed E-state index contributed by atoms with van der Waals surface area (Å²) in [6.07, 6.45) is -4.63. The van der Waals surface area contributed by atoms with Gasteiger partial charge in [0, 0.05) is 15.6 Å². The fraction of sp³-hybridized carbons (Fsp3) is 0.100. The molecular weight excluding hydrogens is 457 g/mol. The highest BCUT2D eigenvalue weighted by Gasteiger charge is 2.34. The van der Waals surface area contributed by atoms with Gasteiger partial charge in [0.05, 0.1) is 21.9 Å². The van der Waals surface area contributed by atoms with Crippen LogP contribution < -0.4 is 10.6 Å². The van der Waals surface area contributed by atoms with Crippen molar-refractivity contribution in [3.63, 3.8) is 0 Å². The van der Waals surface area contributed by atoms with Crippen LogP contribution in [-0.4, -0.2) is 17.6 Å². The van der Waals surface area contributed by atoms with Crippen LogP contribution in [0.25, 0.3) is 0 Å². The number of amides is 2. The smallest absolute Gasteiger partial charge is 0.325 e. The van der Waals surface area contributed by atoms with Crippen molar-refractivity contribution < 1.29 is 22.8 Å². The monoisotopic (exact) mass is 470 g/mol. The molecule has 0 bridgehead atoms. The van der Waals surface area contributed by atoms with Crippen molar-refractivity contribution in [3.8, 4) is 0 Å². The Hall–Kier alpha value is -2.49. The van der Waals surface area contributed by atoms with Gasteiger partial charge in [-0.15, -0.1) is 23.1 Å². The molecule has 0 unspecified atom stereocenters. The molecule has 2 amide bonds. The summed E-state index contributed by atoms with van der Waals surface area (Å²) < 4.78 is 39.3. The molecule has 0 saturated heterocycles. The number of halogens is 4. The van der Waals surface area contributed by atoms with E-state index in [4.69, 9.17) is 11.6 Å². The fourth-order valence-corrected chi connectivity index (χ4v) is 3.92. The topological polar surface area (TPSA) is 58.2 Å². The summed E-state index contributed by atoms with van der Waals surface area (Å²) in [4.78, 5) is 25.4. The van der Waals surface area contributed by atoms with Crippen molar-refractivity contribution in [3.05, 3.63) is 75.4 Å². The second kappa shape index (κ2) is 9.55. The highest BCUT2D eigenvalue weighted by Crippen LogP contribution is 2.36. The summed E-state index contributed by atoms with van der Waals surface area (Å²) in [5.41, 5.74) is -0.749. The Labute approximate surface area is 183 Å². The van der Waals surface area contributed by atoms with E-state index in [2.05, 4.69) is 10.6 Å². The standard InChI is InChI=1S/C20H14ClF3N2O2S2/c21-12-3-8-16(15(10-12)20(22,23)24)26-18(27)11-30-14-6-4-13(5-7-14)25-19(28)17-2-1-9-29-17/h1-10H,11H2,(H,25,28)(H,26,27). The van der Waals surface area contributed by atoms with Crippen LogP contribution in [0.2, 0.25) is 5.02 Å². The lowest BCUT2D eigenvalue weighted by molar-refractivity contribution is -0.137. The van der Waals surface area contributed by atoms with E-state index < -0.39 is 17.6 Å². The number of carbonyl (C=O) groups excluding carboxylic acids is 2. The van der Waals surface area contributed by atoms with E-state index in [0.29, 0.717) is 10.6 Å². The summed E-state index contributed by atoms with van der Waals surface area (Å²) in [5, 5.41) is 6.77. The molecule has 3 rings (SSSR count). The molecule has 0 fully saturated rings. The van der Waals surface area contributed by atoms with Crippen molar-refractivity contribution >= 4 is 57.9 Å². The van der Waals surface area contributed by atoms with Crippen LogP contribution in [-0.2, 0) is 11.0 Å². The van der Waals surface area contributed by atoms with Gasteiger partial charge in [0.1, 0.15) is 0 Å². The first-order chi connectivity index (χ1) is 14.2. The predicted molar refractivity (Wildman–Crippen MR) is 115 cm³/mol. The van der Waals surface area contributed by atoms with Gasteiger partial charge in [0.25, 0.3) is 5.91 Å². The van der Waals surface area contributed by atoms with Crippen molar-refractivity contribution in [2.24, 2.45) is 0 Å². The first-order valence-corrected chi connectivity index (χ1v) is 10.7. The number of thiophene rings is 1. The maximum Gasteiger partial charge on any atom is 0.418 e. The number of thioether (sulfide) groups is 1. The molecule has 30 heavy (non-hydrogen) atoms. The lowest BCUT2D eigenvalue weighted by Gasteiger charge is -2.14. The molecule has 0 aliphatic rings. The van der Waals surface area contributed by atoms with Crippen LogP contribution in [0.4, 0.5) is 24.5 Å². The Bertz CT molecular complexity index is 1040. The maximum atomic E-state index is 13.1. The van der Waals surface area contributed by atoms with Gasteiger partial charge in [0.15, 0.2) is 0 Å². The lowest BCUT2D eigenvalue weighted by Crippen LogP contribution is -2.18. The molecule has 0 aliphatic heterocycles. The zero-order chi connectivity index (χ0) is 21.7. The number of hydrogen-bond acceptors (Lipinski definition) is 4. The van der Waals surface area contributed by atoms with Crippen LogP contribution in [0.5, 0.6) is 0 Å². The Morgan fingerprint density at radius 3 is 2.40 bits per heavy atom. The normalized spacial score (nSPS) is 11.2. The van der Waals surface area contributed by atoms with E-state index in [9.17, 15) is 22.8 Å². The minimum atomic E-state index is -4.63. The minimum Gasteiger partial charge on any atom is -0.325 e. The number of anilines is 2. The average Bonchev–Trinajstić information content (AvgIpc) is 3.23. The van der Waals surface area contributed by atoms with E-state index >= 15 is 0 Å². The quantitative estimate of drug-likeness (QED) is 0.409. The van der Waals surface area contributed by atoms with Gasteiger partial charge in [-0.05, 0) is 53.9 Å². The molecular formula is C20H14ClF3N2O2S2. The SMILES string of the molecule is O=C(CSc1ccc(NC(=O)c2cccs2)cc1)Nc1ccc(Cl)cc1C(F)(F)F. The Kier molecular flexibility index (Phi) is 7.06. The van der Waals surface area contributed by atoms with Crippen molar-refractivity contribution in [1.29, 1.82) is 0 Å². The van der Waals surface area contributed by atoms with Crippen molar-refractivity contribution in [2.75, 3.05) is 16.4 Å². The number of benzene rings is 2. The zero-order valence-corrected chi connectivity index (χ0v) is 17.5. The summed E-state index contributed by atoms with van der Waals surface area (Å²) >= 11 is 8.12. The van der Waals surface area contributed by atoms with Crippen molar-refractivity contribution in [1.82, 2.24) is 0 Å². The Balaban J connectivity index is 1.56. The van der Waals surface area contributed by atoms with E-state index in [1.54, 1.807) is 41.8 Å². The van der Waals surface area contributed by atoms with Gasteiger partial charge in [-0.3, -0.25) is 9.59 Å². The van der Waals surface area contributed by atoms with Crippen LogP contribution in [0.15, 0.2) is 64.9 Å². The van der Waals surface area contributed by atoms with Crippen LogP contribution >= 0.6 is 34.7 Å². The van der Waals surface area contributed by atoms with E-state index in [1.165, 1.54) is 17.4 Å². The summed E-state index contributed by atoms with van der Waals surface area (Å²) in [6, 6.07) is 13.5. The molecule has 10 heteroatoms. The second-order valence-corrected chi connectivity index (χ2v) is 8.41. The first kappa shape index (κ1) is 22.2. The van der Waals surface area contributed by atoms with Crippen molar-refractivity contribution in [2.45, 2.75) is 11.1 Å². The zero-order valence-electron chi connectivity index (χ0n) is 15.1. The van der Waals surface area contributed by atoms with Crippen LogP contribution in [0, 0.1) is 0 Å². The number of carbonyl (C=O) groups is 2. The third kappa shape index (κ3) is 6.01. The molecule has 3 aromatic rings. The van der Waals surface area contributed by atoms with Gasteiger partial charge in [-0.25, -0.2) is 0 Å². The third-order valence-electron chi connectivity index (χ3n) is 3.79. The highest BCUT2D eigenvalue weighted by atomic mass is 35.5. The van der Waals surface area contributed by atoms with Gasteiger partial charge < -0.3 is 10.6 Å². The lowest BCUT2D eigenvalue weighted by atomic mass is 10.1. The molecule has 0 radical (unpaired) electrons. The Morgan fingerprint density at radius 2 is 1.77 bits per heavy atom. The largest absolute Gasteiger partial charge is 0.418 e. The molecule has 1 aromatic heterocycles. The molecule has 1 heterocycles. The molecule has 0 aliphatic carbocycles. The predicted octanol–water partition coefficient (Wildman–Crippen LogP) is 6.40. The van der Waals surface area contributed by atoms with Gasteiger partial charge >= 0.3 is 6.18 Å². The molecule has 156 valence electrons. The number of alkyl halides is 3. The Morgan fingerprint density at radius 1 is 1.03 bits per heavy atom. The van der Waals surface area contributed by atoms with Gasteiger partial charge in [-0.2, -0.15) is 13.2 Å². The molecule has 0 saturated carbocycles. The summed E-state index contributed by atoms with van der Waals surface area (Å²) in [7, 11) is 0. The molecule has 2 aromatic carbocycles. The average molecular weight is 471 g/mol. The number of rotatable bonds is 6. The second-order valence-electron chi connectivity index (χ2n) is 5.98. The maximum absolute atomic E-state index is 13.1. The number of hydrogen-bond donors (Lipinski definition) is 2. The first-order valence-electron chi connectivity index (χ1n) is 8.47. The van der Waals surface area contributed by atoms with E-state index in [-0.39, 0.29) is 22.4 Å². The minimum absolute atomic E-state index is 0.0686. The summed E-state index contributed by atoms with van der Waals surface area (Å²) in [6.45, 7) is 0. The van der Waals surface area contributed by atoms with E-state index in [1.807, 2.05) is 0 Å². The van der Waals surface area contributed by atoms with Crippen LogP contribution in [0.1, 0.15) is 15.2 Å². The summed E-state index contributed by atoms with van der Waals surface area (Å²) in [5.74, 6) is -0.878. The highest BCUT2D eigenvalue weighted by molar-refractivity contribution is 8.00. The van der Waals surface area contributed by atoms with Gasteiger partial charge in [-0.1, -0.05) is 17.7 Å².